The maximum Gasteiger partial charge on any atom is 0.220 e. The van der Waals surface area contributed by atoms with Crippen molar-refractivity contribution in [2.24, 2.45) is 0 Å². The van der Waals surface area contributed by atoms with E-state index >= 15 is 0 Å². The number of nitrogens with one attached hydrogen (secondary N) is 1. The van der Waals surface area contributed by atoms with E-state index < -0.39 is 124 Å². The van der Waals surface area contributed by atoms with Gasteiger partial charge in [0.2, 0.25) is 5.91 Å². The Kier molecular flexibility index (Phi) is 33.2. The van der Waals surface area contributed by atoms with Crippen LogP contribution in [0.3, 0.4) is 0 Å². The van der Waals surface area contributed by atoms with E-state index in [1.807, 2.05) is 6.08 Å². The molecule has 0 radical (unpaired) electrons. The summed E-state index contributed by atoms with van der Waals surface area (Å²) in [7, 11) is 0. The Morgan fingerprint density at radius 2 is 0.901 bits per heavy atom. The first-order valence-corrected chi connectivity index (χ1v) is 27.1. The third kappa shape index (κ3) is 22.6. The second-order valence-electron chi connectivity index (χ2n) is 19.7. The number of hydrogen-bond acceptors (Lipinski definition) is 18. The van der Waals surface area contributed by atoms with Gasteiger partial charge in [0.15, 0.2) is 18.9 Å². The Labute approximate surface area is 422 Å². The molecule has 3 fully saturated rings. The standard InChI is InChI=1S/C52H95NO18/c1-3-5-7-9-11-13-15-16-17-18-20-22-24-26-28-30-40(58)53-35(36(57)29-27-25-23-21-19-14-12-10-8-6-4-2)34-66-50-46(64)43(61)48(38(32-55)68-50)71-52-47(65)44(62)49(39(33-56)69-52)70-51-45(63)42(60)41(59)37(31-54)67-51/h19,21,27,29,35-39,41-52,54-57,59-65H,3-18,20,22-26,28,30-34H2,1-2H3,(H,53,58)/b21-19+,29-27+. The number of unbranched alkanes of at least 4 members (excludes halogenated alkanes) is 20. The van der Waals surface area contributed by atoms with E-state index in [-0.39, 0.29) is 18.9 Å². The van der Waals surface area contributed by atoms with Crippen molar-refractivity contribution in [1.29, 1.82) is 0 Å². The highest BCUT2D eigenvalue weighted by Gasteiger charge is 2.53. The van der Waals surface area contributed by atoms with Gasteiger partial charge in [0.25, 0.3) is 0 Å². The lowest BCUT2D eigenvalue weighted by molar-refractivity contribution is -0.379. The highest BCUT2D eigenvalue weighted by molar-refractivity contribution is 5.76. The third-order valence-corrected chi connectivity index (χ3v) is 13.8. The SMILES string of the molecule is CCCCCCC/C=C/CC/C=C/C(O)C(COC1OC(CO)C(OC2OC(CO)C(OC3OC(CO)C(O)C(O)C3O)C(O)C2O)C(O)C1O)NC(=O)CCCCCCCCCCCCCCCCC. The fourth-order valence-electron chi connectivity index (χ4n) is 9.20. The number of carbonyl (C=O) groups excluding carboxylic acids is 1. The molecule has 416 valence electrons. The van der Waals surface area contributed by atoms with Crippen LogP contribution in [0, 0.1) is 0 Å². The van der Waals surface area contributed by atoms with Crippen LogP contribution in [0.4, 0.5) is 0 Å². The molecule has 71 heavy (non-hydrogen) atoms. The number of allylic oxidation sites excluding steroid dienone is 3. The number of ether oxygens (including phenoxy) is 6. The van der Waals surface area contributed by atoms with Crippen LogP contribution in [0.15, 0.2) is 24.3 Å². The molecule has 3 saturated heterocycles. The van der Waals surface area contributed by atoms with Crippen molar-refractivity contribution in [3.8, 4) is 0 Å². The highest BCUT2D eigenvalue weighted by atomic mass is 16.8. The summed E-state index contributed by atoms with van der Waals surface area (Å²) in [6.07, 6.45) is 7.55. The van der Waals surface area contributed by atoms with Crippen molar-refractivity contribution in [1.82, 2.24) is 5.32 Å². The van der Waals surface area contributed by atoms with E-state index in [2.05, 4.69) is 31.3 Å². The third-order valence-electron chi connectivity index (χ3n) is 13.8. The summed E-state index contributed by atoms with van der Waals surface area (Å²) < 4.78 is 34.1. The summed E-state index contributed by atoms with van der Waals surface area (Å²) in [4.78, 5) is 13.2. The van der Waals surface area contributed by atoms with Gasteiger partial charge in [-0.25, -0.2) is 0 Å². The minimum absolute atomic E-state index is 0.239. The second-order valence-corrected chi connectivity index (χ2v) is 19.7. The summed E-state index contributed by atoms with van der Waals surface area (Å²) >= 11 is 0. The smallest absolute Gasteiger partial charge is 0.220 e. The predicted octanol–water partition coefficient (Wildman–Crippen LogP) is 2.81. The lowest BCUT2D eigenvalue weighted by atomic mass is 9.96. The molecular weight excluding hydrogens is 927 g/mol. The Bertz CT molecular complexity index is 1410. The number of aliphatic hydroxyl groups excluding tert-OH is 11. The molecule has 17 unspecified atom stereocenters. The van der Waals surface area contributed by atoms with Gasteiger partial charge in [-0.15, -0.1) is 0 Å². The first-order chi connectivity index (χ1) is 34.3. The van der Waals surface area contributed by atoms with Crippen LogP contribution >= 0.6 is 0 Å². The zero-order valence-electron chi connectivity index (χ0n) is 42.7. The summed E-state index contributed by atoms with van der Waals surface area (Å²) in [5.41, 5.74) is 0. The van der Waals surface area contributed by atoms with Gasteiger partial charge >= 0.3 is 0 Å². The van der Waals surface area contributed by atoms with Gasteiger partial charge < -0.3 is 89.9 Å². The summed E-state index contributed by atoms with van der Waals surface area (Å²) in [5.74, 6) is -0.287. The molecule has 1 amide bonds. The van der Waals surface area contributed by atoms with Crippen molar-refractivity contribution in [2.75, 3.05) is 26.4 Å². The first-order valence-electron chi connectivity index (χ1n) is 27.1. The number of aliphatic hydroxyl groups is 11. The van der Waals surface area contributed by atoms with E-state index in [1.54, 1.807) is 6.08 Å². The molecule has 19 nitrogen and oxygen atoms in total. The van der Waals surface area contributed by atoms with Crippen molar-refractivity contribution >= 4 is 5.91 Å². The Morgan fingerprint density at radius 1 is 0.493 bits per heavy atom. The molecule has 0 aromatic heterocycles. The summed E-state index contributed by atoms with van der Waals surface area (Å²) in [6, 6.07) is -0.982. The van der Waals surface area contributed by atoms with Crippen LogP contribution in [0.25, 0.3) is 0 Å². The average Bonchev–Trinajstić information content (AvgIpc) is 3.36. The van der Waals surface area contributed by atoms with E-state index in [4.69, 9.17) is 28.4 Å². The van der Waals surface area contributed by atoms with Crippen LogP contribution < -0.4 is 5.32 Å². The number of amides is 1. The molecule has 0 aromatic rings. The van der Waals surface area contributed by atoms with Gasteiger partial charge in [0.1, 0.15) is 73.2 Å². The molecule has 0 aliphatic carbocycles. The molecule has 3 aliphatic heterocycles. The maximum absolute atomic E-state index is 13.2. The van der Waals surface area contributed by atoms with Gasteiger partial charge in [-0.2, -0.15) is 0 Å². The Balaban J connectivity index is 1.55. The van der Waals surface area contributed by atoms with Crippen LogP contribution in [0.5, 0.6) is 0 Å². The monoisotopic (exact) mass is 1020 g/mol. The van der Waals surface area contributed by atoms with Crippen molar-refractivity contribution in [3.63, 3.8) is 0 Å². The van der Waals surface area contributed by atoms with Crippen LogP contribution in [0.1, 0.15) is 168 Å². The van der Waals surface area contributed by atoms with E-state index in [0.717, 1.165) is 38.5 Å². The quantitative estimate of drug-likeness (QED) is 0.0313. The number of hydrogen-bond donors (Lipinski definition) is 12. The molecule has 12 N–H and O–H groups in total. The fourth-order valence-corrected chi connectivity index (χ4v) is 9.20. The van der Waals surface area contributed by atoms with Crippen LogP contribution in [0.2, 0.25) is 0 Å². The second kappa shape index (κ2) is 37.1. The number of rotatable bonds is 38. The largest absolute Gasteiger partial charge is 0.394 e. The van der Waals surface area contributed by atoms with Gasteiger partial charge in [0.05, 0.1) is 38.6 Å². The van der Waals surface area contributed by atoms with E-state index in [1.165, 1.54) is 96.3 Å². The Morgan fingerprint density at radius 3 is 1.41 bits per heavy atom. The van der Waals surface area contributed by atoms with Gasteiger partial charge in [-0.1, -0.05) is 154 Å². The van der Waals surface area contributed by atoms with Crippen LogP contribution in [-0.2, 0) is 33.2 Å². The van der Waals surface area contributed by atoms with Crippen LogP contribution in [-0.4, -0.2) is 193 Å². The molecule has 0 aromatic carbocycles. The van der Waals surface area contributed by atoms with E-state index in [0.29, 0.717) is 12.8 Å². The minimum Gasteiger partial charge on any atom is -0.394 e. The molecule has 3 rings (SSSR count). The molecule has 19 heteroatoms. The molecule has 0 saturated carbocycles. The highest BCUT2D eigenvalue weighted by Crippen LogP contribution is 2.33. The van der Waals surface area contributed by atoms with Gasteiger partial charge in [-0.05, 0) is 32.1 Å². The van der Waals surface area contributed by atoms with E-state index in [9.17, 15) is 61.0 Å². The molecule has 3 aliphatic rings. The molecular formula is C52H95NO18. The molecule has 3 heterocycles. The van der Waals surface area contributed by atoms with Crippen molar-refractivity contribution in [2.45, 2.75) is 272 Å². The maximum atomic E-state index is 13.2. The minimum atomic E-state index is -1.98. The van der Waals surface area contributed by atoms with Crippen molar-refractivity contribution < 1.29 is 89.4 Å². The predicted molar refractivity (Wildman–Crippen MR) is 263 cm³/mol. The first kappa shape index (κ1) is 63.6. The lowest BCUT2D eigenvalue weighted by Gasteiger charge is -2.48. The topological polar surface area (TPSA) is 307 Å². The summed E-state index contributed by atoms with van der Waals surface area (Å²) in [6.45, 7) is 1.65. The summed E-state index contributed by atoms with van der Waals surface area (Å²) in [5, 5.41) is 120. The fraction of sp³-hybridized carbons (Fsp3) is 0.904. The lowest BCUT2D eigenvalue weighted by Crippen LogP contribution is -2.66. The molecule has 17 atom stereocenters. The molecule has 0 bridgehead atoms. The average molecular weight is 1020 g/mol. The van der Waals surface area contributed by atoms with Gasteiger partial charge in [0, 0.05) is 6.42 Å². The number of carbonyl (C=O) groups is 1. The van der Waals surface area contributed by atoms with Gasteiger partial charge in [-0.3, -0.25) is 4.79 Å². The molecule has 0 spiro atoms. The zero-order valence-corrected chi connectivity index (χ0v) is 42.7. The van der Waals surface area contributed by atoms with Crippen molar-refractivity contribution in [3.05, 3.63) is 24.3 Å². The normalized spacial score (nSPS) is 32.4. The zero-order chi connectivity index (χ0) is 52.0. The Hall–Kier alpha value is -1.73.